The molecule has 4 heteroatoms. The van der Waals surface area contributed by atoms with Gasteiger partial charge in [0.05, 0.1) is 5.56 Å². The van der Waals surface area contributed by atoms with Crippen molar-refractivity contribution in [1.29, 1.82) is 0 Å². The average Bonchev–Trinajstić information content (AvgIpc) is 2.52. The van der Waals surface area contributed by atoms with Crippen molar-refractivity contribution in [1.82, 2.24) is 0 Å². The lowest BCUT2D eigenvalue weighted by molar-refractivity contribution is -0.110. The maximum atomic E-state index is 10.7. The fourth-order valence-corrected chi connectivity index (χ4v) is 2.04. The summed E-state index contributed by atoms with van der Waals surface area (Å²) in [6.07, 6.45) is 1.36. The lowest BCUT2D eigenvalue weighted by atomic mass is 10.1. The van der Waals surface area contributed by atoms with Crippen molar-refractivity contribution >= 4 is 23.6 Å². The number of carbonyl (C=O) groups excluding carboxylic acids is 1. The average molecular weight is 198 g/mol. The van der Waals surface area contributed by atoms with Gasteiger partial charge in [-0.3, -0.25) is 0 Å². The predicted octanol–water partition coefficient (Wildman–Crippen LogP) is 1.82. The van der Waals surface area contributed by atoms with Crippen LogP contribution in [0.5, 0.6) is 0 Å². The Bertz CT molecular complexity index is 316. The Morgan fingerprint density at radius 2 is 2.46 bits per heavy atom. The molecule has 3 nitrogen and oxygen atoms in total. The molecule has 0 aromatic carbocycles. The summed E-state index contributed by atoms with van der Waals surface area (Å²) in [7, 11) is 0. The van der Waals surface area contributed by atoms with Crippen LogP contribution in [-0.2, 0) is 11.2 Å². The van der Waals surface area contributed by atoms with Crippen molar-refractivity contribution in [2.24, 2.45) is 5.92 Å². The van der Waals surface area contributed by atoms with Gasteiger partial charge in [-0.1, -0.05) is 6.92 Å². The molecule has 0 aliphatic carbocycles. The molecule has 0 saturated heterocycles. The van der Waals surface area contributed by atoms with Crippen LogP contribution in [0.15, 0.2) is 11.4 Å². The summed E-state index contributed by atoms with van der Waals surface area (Å²) in [5, 5.41) is 10.5. The smallest absolute Gasteiger partial charge is 0.336 e. The third-order valence-corrected chi connectivity index (χ3v) is 2.66. The third kappa shape index (κ3) is 2.39. The molecule has 0 fully saturated rings. The summed E-state index contributed by atoms with van der Waals surface area (Å²) in [5.41, 5.74) is 0.318. The Hall–Kier alpha value is -1.16. The summed E-state index contributed by atoms with van der Waals surface area (Å²) in [6, 6.07) is 1.57. The van der Waals surface area contributed by atoms with E-state index in [1.54, 1.807) is 18.4 Å². The number of carboxylic acid groups (broad SMARTS) is 1. The molecular weight excluding hydrogens is 188 g/mol. The molecule has 1 N–H and O–H groups in total. The highest BCUT2D eigenvalue weighted by Crippen LogP contribution is 2.19. The van der Waals surface area contributed by atoms with Crippen molar-refractivity contribution in [2.45, 2.75) is 13.3 Å². The summed E-state index contributed by atoms with van der Waals surface area (Å²) >= 11 is 1.38. The van der Waals surface area contributed by atoms with Gasteiger partial charge < -0.3 is 9.90 Å². The van der Waals surface area contributed by atoms with Crippen molar-refractivity contribution in [3.63, 3.8) is 0 Å². The fraction of sp³-hybridized carbons (Fsp3) is 0.333. The van der Waals surface area contributed by atoms with Crippen molar-refractivity contribution in [3.05, 3.63) is 21.9 Å². The number of thiophene rings is 1. The van der Waals surface area contributed by atoms with Gasteiger partial charge in [0.1, 0.15) is 6.29 Å². The van der Waals surface area contributed by atoms with E-state index in [9.17, 15) is 9.59 Å². The molecular formula is C9H10O3S. The van der Waals surface area contributed by atoms with E-state index in [1.165, 1.54) is 11.3 Å². The summed E-state index contributed by atoms with van der Waals surface area (Å²) in [5.74, 6) is -1.04. The van der Waals surface area contributed by atoms with E-state index in [1.807, 2.05) is 0 Å². The largest absolute Gasteiger partial charge is 0.478 e. The molecule has 1 aromatic heterocycles. The second-order valence-corrected chi connectivity index (χ2v) is 3.88. The summed E-state index contributed by atoms with van der Waals surface area (Å²) < 4.78 is 0. The minimum Gasteiger partial charge on any atom is -0.478 e. The molecule has 1 aromatic rings. The fourth-order valence-electron chi connectivity index (χ4n) is 1.03. The van der Waals surface area contributed by atoms with Gasteiger partial charge >= 0.3 is 5.97 Å². The number of aromatic carboxylic acids is 1. The van der Waals surface area contributed by atoms with E-state index in [0.29, 0.717) is 12.0 Å². The Kier molecular flexibility index (Phi) is 3.19. The SMILES string of the molecule is CC(C=O)Cc1sccc1C(=O)O. The molecule has 1 heterocycles. The van der Waals surface area contributed by atoms with Crippen LogP contribution in [-0.4, -0.2) is 17.4 Å². The monoisotopic (exact) mass is 198 g/mol. The highest BCUT2D eigenvalue weighted by atomic mass is 32.1. The van der Waals surface area contributed by atoms with Gasteiger partial charge in [0, 0.05) is 10.8 Å². The van der Waals surface area contributed by atoms with Crippen LogP contribution in [0, 0.1) is 5.92 Å². The van der Waals surface area contributed by atoms with Crippen LogP contribution in [0.2, 0.25) is 0 Å². The first-order chi connectivity index (χ1) is 6.15. The molecule has 0 bridgehead atoms. The molecule has 0 saturated carbocycles. The topological polar surface area (TPSA) is 54.4 Å². The van der Waals surface area contributed by atoms with Crippen LogP contribution in [0.1, 0.15) is 22.2 Å². The Morgan fingerprint density at radius 1 is 1.77 bits per heavy atom. The first-order valence-corrected chi connectivity index (χ1v) is 4.78. The van der Waals surface area contributed by atoms with Crippen molar-refractivity contribution < 1.29 is 14.7 Å². The van der Waals surface area contributed by atoms with Crippen LogP contribution >= 0.6 is 11.3 Å². The minimum atomic E-state index is -0.922. The minimum absolute atomic E-state index is 0.114. The standard InChI is InChI=1S/C9H10O3S/c1-6(5-10)4-8-7(9(11)12)2-3-13-8/h2-3,5-6H,4H2,1H3,(H,11,12). The number of rotatable bonds is 4. The van der Waals surface area contributed by atoms with Crippen molar-refractivity contribution in [3.8, 4) is 0 Å². The third-order valence-electron chi connectivity index (χ3n) is 1.72. The Morgan fingerprint density at radius 3 is 3.00 bits per heavy atom. The van der Waals surface area contributed by atoms with Gasteiger partial charge in [0.25, 0.3) is 0 Å². The molecule has 0 spiro atoms. The van der Waals surface area contributed by atoms with Gasteiger partial charge in [-0.25, -0.2) is 4.79 Å². The first-order valence-electron chi connectivity index (χ1n) is 3.90. The molecule has 0 aliphatic rings. The van der Waals surface area contributed by atoms with E-state index in [0.717, 1.165) is 11.2 Å². The molecule has 1 unspecified atom stereocenters. The Labute approximate surface area is 80.0 Å². The summed E-state index contributed by atoms with van der Waals surface area (Å²) in [6.45, 7) is 1.78. The van der Waals surface area contributed by atoms with Crippen LogP contribution < -0.4 is 0 Å². The summed E-state index contributed by atoms with van der Waals surface area (Å²) in [4.78, 5) is 21.8. The molecule has 0 aliphatic heterocycles. The predicted molar refractivity (Wildman–Crippen MR) is 50.2 cm³/mol. The van der Waals surface area contributed by atoms with E-state index in [4.69, 9.17) is 5.11 Å². The van der Waals surface area contributed by atoms with Gasteiger partial charge in [-0.2, -0.15) is 0 Å². The second-order valence-electron chi connectivity index (χ2n) is 2.88. The maximum Gasteiger partial charge on any atom is 0.336 e. The molecule has 1 atom stereocenters. The lowest BCUT2D eigenvalue weighted by Crippen LogP contribution is -2.04. The van der Waals surface area contributed by atoms with E-state index < -0.39 is 5.97 Å². The molecule has 0 amide bonds. The lowest BCUT2D eigenvalue weighted by Gasteiger charge is -2.01. The van der Waals surface area contributed by atoms with E-state index in [2.05, 4.69) is 0 Å². The zero-order chi connectivity index (χ0) is 9.84. The van der Waals surface area contributed by atoms with Crippen LogP contribution in [0.25, 0.3) is 0 Å². The molecule has 13 heavy (non-hydrogen) atoms. The maximum absolute atomic E-state index is 10.7. The quantitative estimate of drug-likeness (QED) is 0.751. The van der Waals surface area contributed by atoms with Gasteiger partial charge in [-0.05, 0) is 17.9 Å². The Balaban J connectivity index is 2.82. The highest BCUT2D eigenvalue weighted by molar-refractivity contribution is 7.10. The number of aldehydes is 1. The van der Waals surface area contributed by atoms with E-state index >= 15 is 0 Å². The molecule has 0 radical (unpaired) electrons. The van der Waals surface area contributed by atoms with Crippen LogP contribution in [0.4, 0.5) is 0 Å². The normalized spacial score (nSPS) is 12.4. The second kappa shape index (κ2) is 4.18. The highest BCUT2D eigenvalue weighted by Gasteiger charge is 2.13. The molecule has 70 valence electrons. The van der Waals surface area contributed by atoms with Gasteiger partial charge in [0.15, 0.2) is 0 Å². The number of hydrogen-bond acceptors (Lipinski definition) is 3. The number of carbonyl (C=O) groups is 2. The van der Waals surface area contributed by atoms with E-state index in [-0.39, 0.29) is 5.92 Å². The van der Waals surface area contributed by atoms with Crippen LogP contribution in [0.3, 0.4) is 0 Å². The van der Waals surface area contributed by atoms with Gasteiger partial charge in [0.2, 0.25) is 0 Å². The first kappa shape index (κ1) is 9.92. The molecule has 1 rings (SSSR count). The zero-order valence-electron chi connectivity index (χ0n) is 7.19. The number of hydrogen-bond donors (Lipinski definition) is 1. The number of carboxylic acids is 1. The zero-order valence-corrected chi connectivity index (χ0v) is 8.00. The van der Waals surface area contributed by atoms with Gasteiger partial charge in [-0.15, -0.1) is 11.3 Å². The van der Waals surface area contributed by atoms with Crippen molar-refractivity contribution in [2.75, 3.05) is 0 Å².